The second kappa shape index (κ2) is 1.71. The van der Waals surface area contributed by atoms with Gasteiger partial charge in [-0.05, 0) is 26.2 Å². The molecule has 1 aliphatic rings. The van der Waals surface area contributed by atoms with Crippen LogP contribution in [0.1, 0.15) is 26.2 Å². The van der Waals surface area contributed by atoms with Crippen LogP contribution < -0.4 is 5.73 Å². The lowest BCUT2D eigenvalue weighted by Gasteiger charge is -2.14. The molecule has 48 valence electrons. The molecule has 0 unspecified atom stereocenters. The van der Waals surface area contributed by atoms with E-state index in [1.165, 1.54) is 0 Å². The van der Waals surface area contributed by atoms with Crippen molar-refractivity contribution in [1.82, 2.24) is 0 Å². The Labute approximate surface area is 49.7 Å². The Morgan fingerprint density at radius 1 is 1.75 bits per heavy atom. The molecule has 0 radical (unpaired) electrons. The third-order valence-corrected chi connectivity index (χ3v) is 1.75. The summed E-state index contributed by atoms with van der Waals surface area (Å²) < 4.78 is 0. The van der Waals surface area contributed by atoms with Crippen molar-refractivity contribution in [3.05, 3.63) is 0 Å². The summed E-state index contributed by atoms with van der Waals surface area (Å²) in [4.78, 5) is 0. The summed E-state index contributed by atoms with van der Waals surface area (Å²) in [7, 11) is 0. The minimum atomic E-state index is -0.134. The monoisotopic (exact) mass is 115 g/mol. The number of nitrogens with two attached hydrogens (primary N) is 1. The molecule has 0 aliphatic heterocycles. The Morgan fingerprint density at radius 2 is 2.38 bits per heavy atom. The first-order chi connectivity index (χ1) is 3.60. The molecule has 2 heteroatoms. The van der Waals surface area contributed by atoms with Crippen LogP contribution in [0.15, 0.2) is 0 Å². The minimum Gasteiger partial charge on any atom is -0.393 e. The molecule has 1 rings (SSSR count). The summed E-state index contributed by atoms with van der Waals surface area (Å²) in [5.74, 6) is 0. The average molecular weight is 115 g/mol. The fraction of sp³-hybridized carbons (Fsp3) is 1.00. The Kier molecular flexibility index (Phi) is 1.29. The highest BCUT2D eigenvalue weighted by molar-refractivity contribution is 4.88. The fourth-order valence-corrected chi connectivity index (χ4v) is 1.24. The van der Waals surface area contributed by atoms with Crippen LogP contribution in [0.5, 0.6) is 0 Å². The molecule has 2 nitrogen and oxygen atoms in total. The van der Waals surface area contributed by atoms with Crippen LogP contribution in [0.2, 0.25) is 0 Å². The van der Waals surface area contributed by atoms with Gasteiger partial charge in [0.2, 0.25) is 0 Å². The van der Waals surface area contributed by atoms with Crippen LogP contribution in [-0.2, 0) is 0 Å². The summed E-state index contributed by atoms with van der Waals surface area (Å²) in [5.41, 5.74) is 5.62. The Morgan fingerprint density at radius 3 is 2.50 bits per heavy atom. The van der Waals surface area contributed by atoms with E-state index in [4.69, 9.17) is 10.8 Å². The second-order valence-corrected chi connectivity index (χ2v) is 3.05. The number of hydrogen-bond acceptors (Lipinski definition) is 2. The van der Waals surface area contributed by atoms with E-state index in [-0.39, 0.29) is 11.6 Å². The van der Waals surface area contributed by atoms with Crippen LogP contribution in [0.4, 0.5) is 0 Å². The minimum absolute atomic E-state index is 0.0839. The molecule has 1 fully saturated rings. The van der Waals surface area contributed by atoms with Crippen molar-refractivity contribution in [3.63, 3.8) is 0 Å². The smallest absolute Gasteiger partial charge is 0.0558 e. The number of rotatable bonds is 0. The van der Waals surface area contributed by atoms with Crippen LogP contribution in [-0.4, -0.2) is 16.7 Å². The topological polar surface area (TPSA) is 46.2 Å². The summed E-state index contributed by atoms with van der Waals surface area (Å²) >= 11 is 0. The summed E-state index contributed by atoms with van der Waals surface area (Å²) in [6, 6.07) is 0. The molecule has 1 aliphatic carbocycles. The maximum atomic E-state index is 8.98. The maximum Gasteiger partial charge on any atom is 0.0558 e. The van der Waals surface area contributed by atoms with Crippen LogP contribution in [0, 0.1) is 0 Å². The van der Waals surface area contributed by atoms with Gasteiger partial charge in [0.05, 0.1) is 6.10 Å². The van der Waals surface area contributed by atoms with E-state index in [0.717, 1.165) is 19.3 Å². The quantitative estimate of drug-likeness (QED) is 0.475. The largest absolute Gasteiger partial charge is 0.393 e. The lowest BCUT2D eigenvalue weighted by molar-refractivity contribution is 0.176. The second-order valence-electron chi connectivity index (χ2n) is 3.05. The van der Waals surface area contributed by atoms with Gasteiger partial charge in [-0.3, -0.25) is 0 Å². The Bertz CT molecular complexity index is 90.5. The van der Waals surface area contributed by atoms with Gasteiger partial charge < -0.3 is 10.8 Å². The molecular formula is C6H13NO. The molecule has 8 heavy (non-hydrogen) atoms. The molecular weight excluding hydrogens is 102 g/mol. The maximum absolute atomic E-state index is 8.98. The molecule has 0 bridgehead atoms. The van der Waals surface area contributed by atoms with Gasteiger partial charge in [0.1, 0.15) is 0 Å². The lowest BCUT2D eigenvalue weighted by atomic mass is 10.0. The van der Waals surface area contributed by atoms with Gasteiger partial charge in [-0.1, -0.05) is 0 Å². The zero-order chi connectivity index (χ0) is 6.20. The predicted octanol–water partition coefficient (Wildman–Crippen LogP) is 0.249. The van der Waals surface area contributed by atoms with Gasteiger partial charge in [0, 0.05) is 5.54 Å². The molecule has 0 amide bonds. The standard InChI is InChI=1S/C6H13NO/c1-6(7)3-2-5(8)4-6/h5,8H,2-4,7H2,1H3/t5-,6-/m0/s1. The first-order valence-electron chi connectivity index (χ1n) is 3.07. The van der Waals surface area contributed by atoms with Crippen molar-refractivity contribution in [1.29, 1.82) is 0 Å². The van der Waals surface area contributed by atoms with E-state index in [1.54, 1.807) is 0 Å². The lowest BCUT2D eigenvalue weighted by Crippen LogP contribution is -2.32. The number of aliphatic hydroxyl groups excluding tert-OH is 1. The van der Waals surface area contributed by atoms with Crippen molar-refractivity contribution in [2.24, 2.45) is 5.73 Å². The van der Waals surface area contributed by atoms with E-state index < -0.39 is 0 Å². The first kappa shape index (κ1) is 6.05. The highest BCUT2D eigenvalue weighted by Gasteiger charge is 2.29. The van der Waals surface area contributed by atoms with Crippen molar-refractivity contribution < 1.29 is 5.11 Å². The highest BCUT2D eigenvalue weighted by Crippen LogP contribution is 2.26. The fourth-order valence-electron chi connectivity index (χ4n) is 1.24. The number of aliphatic hydroxyl groups is 1. The van der Waals surface area contributed by atoms with Crippen LogP contribution >= 0.6 is 0 Å². The summed E-state index contributed by atoms with van der Waals surface area (Å²) in [6.45, 7) is 1.99. The van der Waals surface area contributed by atoms with E-state index in [2.05, 4.69) is 0 Å². The van der Waals surface area contributed by atoms with Gasteiger partial charge in [0.25, 0.3) is 0 Å². The van der Waals surface area contributed by atoms with Gasteiger partial charge in [-0.25, -0.2) is 0 Å². The molecule has 2 atom stereocenters. The van der Waals surface area contributed by atoms with Crippen molar-refractivity contribution in [3.8, 4) is 0 Å². The Hall–Kier alpha value is -0.0800. The normalized spacial score (nSPS) is 47.6. The molecule has 0 saturated heterocycles. The Balaban J connectivity index is 2.44. The zero-order valence-electron chi connectivity index (χ0n) is 5.22. The van der Waals surface area contributed by atoms with Gasteiger partial charge in [0.15, 0.2) is 0 Å². The third kappa shape index (κ3) is 1.20. The van der Waals surface area contributed by atoms with E-state index in [0.29, 0.717) is 0 Å². The molecule has 3 N–H and O–H groups in total. The van der Waals surface area contributed by atoms with Crippen molar-refractivity contribution in [2.75, 3.05) is 0 Å². The number of hydrogen-bond donors (Lipinski definition) is 2. The third-order valence-electron chi connectivity index (χ3n) is 1.75. The summed E-state index contributed by atoms with van der Waals surface area (Å²) in [5, 5.41) is 8.98. The van der Waals surface area contributed by atoms with Gasteiger partial charge >= 0.3 is 0 Å². The molecule has 0 aromatic carbocycles. The van der Waals surface area contributed by atoms with Crippen molar-refractivity contribution >= 4 is 0 Å². The molecule has 0 spiro atoms. The first-order valence-corrected chi connectivity index (χ1v) is 3.07. The van der Waals surface area contributed by atoms with E-state index in [9.17, 15) is 0 Å². The van der Waals surface area contributed by atoms with E-state index >= 15 is 0 Å². The van der Waals surface area contributed by atoms with E-state index in [1.807, 2.05) is 6.92 Å². The predicted molar refractivity (Wildman–Crippen MR) is 32.5 cm³/mol. The van der Waals surface area contributed by atoms with Crippen molar-refractivity contribution in [2.45, 2.75) is 37.8 Å². The molecule has 0 aromatic rings. The SMILES string of the molecule is C[C@]1(N)CC[C@H](O)C1. The van der Waals surface area contributed by atoms with Gasteiger partial charge in [-0.2, -0.15) is 0 Å². The van der Waals surface area contributed by atoms with Crippen LogP contribution in [0.25, 0.3) is 0 Å². The summed E-state index contributed by atoms with van der Waals surface area (Å²) in [6.07, 6.45) is 2.48. The van der Waals surface area contributed by atoms with Gasteiger partial charge in [-0.15, -0.1) is 0 Å². The molecule has 0 aromatic heterocycles. The van der Waals surface area contributed by atoms with Crippen LogP contribution in [0.3, 0.4) is 0 Å². The molecule has 1 saturated carbocycles. The molecule has 0 heterocycles. The zero-order valence-corrected chi connectivity index (χ0v) is 5.22. The highest BCUT2D eigenvalue weighted by atomic mass is 16.3. The average Bonchev–Trinajstić information content (AvgIpc) is 1.82.